The molecule has 0 amide bonds. The number of benzene rings is 1. The molecule has 1 aromatic carbocycles. The Morgan fingerprint density at radius 2 is 2.13 bits per heavy atom. The van der Waals surface area contributed by atoms with E-state index in [1.54, 1.807) is 0 Å². The molecular formula is C19H30N4. The molecule has 1 aromatic rings. The zero-order chi connectivity index (χ0) is 16.1. The summed E-state index contributed by atoms with van der Waals surface area (Å²) in [5.74, 6) is 1.61. The summed E-state index contributed by atoms with van der Waals surface area (Å²) in [5, 5.41) is 6.93. The van der Waals surface area contributed by atoms with E-state index in [2.05, 4.69) is 53.6 Å². The van der Waals surface area contributed by atoms with E-state index in [9.17, 15) is 0 Å². The van der Waals surface area contributed by atoms with Crippen LogP contribution in [0.3, 0.4) is 0 Å². The molecule has 0 bridgehead atoms. The molecule has 0 saturated carbocycles. The van der Waals surface area contributed by atoms with Gasteiger partial charge in [-0.2, -0.15) is 0 Å². The molecule has 0 aromatic heterocycles. The Morgan fingerprint density at radius 1 is 1.26 bits per heavy atom. The molecule has 0 spiro atoms. The first-order valence-electron chi connectivity index (χ1n) is 9.15. The van der Waals surface area contributed by atoms with Gasteiger partial charge in [0.25, 0.3) is 0 Å². The van der Waals surface area contributed by atoms with Crippen molar-refractivity contribution in [3.05, 3.63) is 35.4 Å². The van der Waals surface area contributed by atoms with Crippen LogP contribution in [0.2, 0.25) is 0 Å². The van der Waals surface area contributed by atoms with Crippen LogP contribution in [0.25, 0.3) is 0 Å². The van der Waals surface area contributed by atoms with Crippen LogP contribution in [0.1, 0.15) is 43.7 Å². The smallest absolute Gasteiger partial charge is 0.191 e. The van der Waals surface area contributed by atoms with E-state index in [1.807, 2.05) is 0 Å². The molecule has 126 valence electrons. The first-order valence-corrected chi connectivity index (χ1v) is 9.15. The molecule has 23 heavy (non-hydrogen) atoms. The average Bonchev–Trinajstić information content (AvgIpc) is 3.01. The van der Waals surface area contributed by atoms with Crippen LogP contribution >= 0.6 is 0 Å². The lowest BCUT2D eigenvalue weighted by molar-refractivity contribution is 0.273. The third-order valence-electron chi connectivity index (χ3n) is 5.19. The highest BCUT2D eigenvalue weighted by molar-refractivity contribution is 5.79. The van der Waals surface area contributed by atoms with Crippen molar-refractivity contribution >= 4 is 5.96 Å². The van der Waals surface area contributed by atoms with Crippen LogP contribution in [-0.2, 0) is 6.42 Å². The minimum Gasteiger partial charge on any atom is -0.357 e. The lowest BCUT2D eigenvalue weighted by atomic mass is 9.78. The Bertz CT molecular complexity index is 540. The SMILES string of the molecule is CCNC(=NCC1CCCN1CC)NCC1Cc2ccccc21. The molecule has 1 saturated heterocycles. The molecular weight excluding hydrogens is 284 g/mol. The maximum Gasteiger partial charge on any atom is 0.191 e. The van der Waals surface area contributed by atoms with Crippen LogP contribution in [0.5, 0.6) is 0 Å². The summed E-state index contributed by atoms with van der Waals surface area (Å²) in [4.78, 5) is 7.38. The minimum absolute atomic E-state index is 0.625. The summed E-state index contributed by atoms with van der Waals surface area (Å²) in [5.41, 5.74) is 3.01. The first-order chi connectivity index (χ1) is 11.3. The number of likely N-dealkylation sites (N-methyl/N-ethyl adjacent to an activating group) is 1. The number of hydrogen-bond donors (Lipinski definition) is 2. The Morgan fingerprint density at radius 3 is 2.91 bits per heavy atom. The number of aliphatic imine (C=N–C) groups is 1. The molecule has 2 aliphatic rings. The predicted octanol–water partition coefficient (Wildman–Crippen LogP) is 2.37. The van der Waals surface area contributed by atoms with Crippen LogP contribution in [0.4, 0.5) is 0 Å². The van der Waals surface area contributed by atoms with E-state index in [0.29, 0.717) is 12.0 Å². The molecule has 4 heteroatoms. The van der Waals surface area contributed by atoms with Gasteiger partial charge in [-0.1, -0.05) is 31.2 Å². The molecule has 1 aliphatic heterocycles. The highest BCUT2D eigenvalue weighted by Gasteiger charge is 2.25. The van der Waals surface area contributed by atoms with E-state index in [-0.39, 0.29) is 0 Å². The van der Waals surface area contributed by atoms with Crippen molar-refractivity contribution in [1.29, 1.82) is 0 Å². The monoisotopic (exact) mass is 314 g/mol. The standard InChI is InChI=1S/C19H30N4/c1-3-20-19(22-14-17-9-7-11-23(17)4-2)21-13-16-12-15-8-5-6-10-18(15)16/h5-6,8,10,16-17H,3-4,7,9,11-14H2,1-2H3,(H2,20,21,22). The van der Waals surface area contributed by atoms with Crippen LogP contribution in [0.15, 0.2) is 29.3 Å². The second kappa shape index (κ2) is 7.82. The van der Waals surface area contributed by atoms with Crippen molar-refractivity contribution in [2.45, 2.75) is 45.1 Å². The average molecular weight is 314 g/mol. The third kappa shape index (κ3) is 3.86. The highest BCUT2D eigenvalue weighted by atomic mass is 15.2. The van der Waals surface area contributed by atoms with Crippen molar-refractivity contribution in [2.75, 3.05) is 32.7 Å². The maximum absolute atomic E-state index is 4.83. The molecule has 0 radical (unpaired) electrons. The van der Waals surface area contributed by atoms with Gasteiger partial charge in [0.2, 0.25) is 0 Å². The molecule has 1 heterocycles. The second-order valence-electron chi connectivity index (χ2n) is 6.63. The van der Waals surface area contributed by atoms with E-state index in [0.717, 1.165) is 32.1 Å². The number of likely N-dealkylation sites (tertiary alicyclic amines) is 1. The fourth-order valence-corrected chi connectivity index (χ4v) is 3.82. The van der Waals surface area contributed by atoms with E-state index in [1.165, 1.54) is 36.9 Å². The van der Waals surface area contributed by atoms with Gasteiger partial charge in [-0.15, -0.1) is 0 Å². The number of guanidine groups is 1. The summed E-state index contributed by atoms with van der Waals surface area (Å²) in [6, 6.07) is 9.40. The maximum atomic E-state index is 4.83. The largest absolute Gasteiger partial charge is 0.357 e. The molecule has 1 fully saturated rings. The number of fused-ring (bicyclic) bond motifs is 1. The van der Waals surface area contributed by atoms with Crippen molar-refractivity contribution < 1.29 is 0 Å². The van der Waals surface area contributed by atoms with E-state index >= 15 is 0 Å². The minimum atomic E-state index is 0.625. The van der Waals surface area contributed by atoms with Gasteiger partial charge in [0, 0.05) is 25.0 Å². The van der Waals surface area contributed by atoms with Gasteiger partial charge >= 0.3 is 0 Å². The number of rotatable bonds is 6. The summed E-state index contributed by atoms with van der Waals surface area (Å²) in [6.07, 6.45) is 3.79. The number of hydrogen-bond acceptors (Lipinski definition) is 2. The van der Waals surface area contributed by atoms with Gasteiger partial charge < -0.3 is 10.6 Å². The molecule has 2 atom stereocenters. The Hall–Kier alpha value is -1.55. The quantitative estimate of drug-likeness (QED) is 0.625. The zero-order valence-electron chi connectivity index (χ0n) is 14.5. The second-order valence-corrected chi connectivity index (χ2v) is 6.63. The van der Waals surface area contributed by atoms with Gasteiger partial charge in [-0.3, -0.25) is 9.89 Å². The Kier molecular flexibility index (Phi) is 5.55. The molecule has 3 rings (SSSR count). The van der Waals surface area contributed by atoms with Gasteiger partial charge in [0.05, 0.1) is 6.54 Å². The summed E-state index contributed by atoms with van der Waals surface area (Å²) < 4.78 is 0. The van der Waals surface area contributed by atoms with Crippen LogP contribution < -0.4 is 10.6 Å². The molecule has 1 aliphatic carbocycles. The normalized spacial score (nSPS) is 24.2. The lowest BCUT2D eigenvalue weighted by Crippen LogP contribution is -2.42. The van der Waals surface area contributed by atoms with Gasteiger partial charge in [-0.05, 0) is 50.4 Å². The van der Waals surface area contributed by atoms with E-state index < -0.39 is 0 Å². The lowest BCUT2D eigenvalue weighted by Gasteiger charge is -2.30. The summed E-state index contributed by atoms with van der Waals surface area (Å²) in [6.45, 7) is 9.55. The van der Waals surface area contributed by atoms with Crippen molar-refractivity contribution in [2.24, 2.45) is 4.99 Å². The first kappa shape index (κ1) is 16.3. The van der Waals surface area contributed by atoms with Gasteiger partial charge in [-0.25, -0.2) is 0 Å². The topological polar surface area (TPSA) is 39.7 Å². The zero-order valence-corrected chi connectivity index (χ0v) is 14.5. The summed E-state index contributed by atoms with van der Waals surface area (Å²) in [7, 11) is 0. The van der Waals surface area contributed by atoms with Crippen molar-refractivity contribution in [3.63, 3.8) is 0 Å². The third-order valence-corrected chi connectivity index (χ3v) is 5.19. The number of nitrogens with one attached hydrogen (secondary N) is 2. The molecule has 2 N–H and O–H groups in total. The number of nitrogens with zero attached hydrogens (tertiary/aromatic N) is 2. The van der Waals surface area contributed by atoms with Gasteiger partial charge in [0.15, 0.2) is 5.96 Å². The fraction of sp³-hybridized carbons (Fsp3) is 0.632. The Balaban J connectivity index is 1.52. The van der Waals surface area contributed by atoms with E-state index in [4.69, 9.17) is 4.99 Å². The predicted molar refractivity (Wildman–Crippen MR) is 97.1 cm³/mol. The molecule has 4 nitrogen and oxygen atoms in total. The fourth-order valence-electron chi connectivity index (χ4n) is 3.82. The Labute approximate surface area is 140 Å². The molecule has 2 unspecified atom stereocenters. The highest BCUT2D eigenvalue weighted by Crippen LogP contribution is 2.33. The van der Waals surface area contributed by atoms with Crippen molar-refractivity contribution in [3.8, 4) is 0 Å². The van der Waals surface area contributed by atoms with Crippen LogP contribution in [0, 0.1) is 0 Å². The van der Waals surface area contributed by atoms with Crippen molar-refractivity contribution in [1.82, 2.24) is 15.5 Å². The summed E-state index contributed by atoms with van der Waals surface area (Å²) >= 11 is 0. The van der Waals surface area contributed by atoms with Gasteiger partial charge in [0.1, 0.15) is 0 Å². The van der Waals surface area contributed by atoms with Crippen LogP contribution in [-0.4, -0.2) is 49.6 Å².